The minimum atomic E-state index is -1.02. The van der Waals surface area contributed by atoms with Crippen LogP contribution in [0.2, 0.25) is 0 Å². The standard InChI is InChI=1S/C37H45N3O8/c1-23-30-26-15-11-12-16-27(26)31(38-28(32(30)47-39-23)22-29(41)44-35(2,3)4)25-19-17-24(18-20-25)14-13-21-40(33(42)45-36(5,6)7)48-34(43)46-37(8,9)10/h11-20,28H,21-22H2,1-10H3/b14-13+/t28-/m0/s1. The first kappa shape index (κ1) is 35.9. The molecular formula is C37H45N3O8. The molecule has 0 radical (unpaired) electrons. The number of aliphatic imine (C=N–C) groups is 1. The second-order valence-corrected chi connectivity index (χ2v) is 14.5. The van der Waals surface area contributed by atoms with Crippen molar-refractivity contribution in [2.75, 3.05) is 6.54 Å². The summed E-state index contributed by atoms with van der Waals surface area (Å²) in [5, 5.41) is 5.02. The van der Waals surface area contributed by atoms with Crippen LogP contribution in [0.4, 0.5) is 9.59 Å². The van der Waals surface area contributed by atoms with Crippen molar-refractivity contribution >= 4 is 30.0 Å². The van der Waals surface area contributed by atoms with E-state index in [1.54, 1.807) is 53.7 Å². The van der Waals surface area contributed by atoms with Gasteiger partial charge >= 0.3 is 18.2 Å². The number of ether oxygens (including phenoxy) is 3. The maximum atomic E-state index is 13.0. The quantitative estimate of drug-likeness (QED) is 0.145. The third-order valence-electron chi connectivity index (χ3n) is 6.65. The van der Waals surface area contributed by atoms with Gasteiger partial charge in [-0.3, -0.25) is 14.6 Å². The van der Waals surface area contributed by atoms with E-state index in [2.05, 4.69) is 5.16 Å². The molecule has 1 aliphatic rings. The number of fused-ring (bicyclic) bond motifs is 3. The number of carbonyl (C=O) groups excluding carboxylic acids is 3. The minimum absolute atomic E-state index is 0.0171. The lowest BCUT2D eigenvalue weighted by Gasteiger charge is -2.26. The molecule has 0 unspecified atom stereocenters. The predicted molar refractivity (Wildman–Crippen MR) is 181 cm³/mol. The number of aromatic nitrogens is 1. The van der Waals surface area contributed by atoms with Gasteiger partial charge in [0.2, 0.25) is 0 Å². The van der Waals surface area contributed by atoms with Gasteiger partial charge in [-0.25, -0.2) is 9.59 Å². The van der Waals surface area contributed by atoms with Crippen LogP contribution in [0.1, 0.15) is 103 Å². The van der Waals surface area contributed by atoms with Crippen LogP contribution in [0.5, 0.6) is 0 Å². The number of carbonyl (C=O) groups is 3. The van der Waals surface area contributed by atoms with Crippen molar-refractivity contribution in [3.05, 3.63) is 82.8 Å². The average molecular weight is 660 g/mol. The summed E-state index contributed by atoms with van der Waals surface area (Å²) in [5.41, 5.74) is 3.41. The van der Waals surface area contributed by atoms with Crippen molar-refractivity contribution in [3.8, 4) is 11.1 Å². The van der Waals surface area contributed by atoms with Crippen LogP contribution in [0.25, 0.3) is 17.2 Å². The van der Waals surface area contributed by atoms with Crippen LogP contribution in [0.15, 0.2) is 64.1 Å². The minimum Gasteiger partial charge on any atom is -0.460 e. The summed E-state index contributed by atoms with van der Waals surface area (Å²) in [6.07, 6.45) is 1.60. The second kappa shape index (κ2) is 14.0. The fourth-order valence-electron chi connectivity index (χ4n) is 4.90. The van der Waals surface area contributed by atoms with Crippen molar-refractivity contribution < 1.29 is 38.0 Å². The van der Waals surface area contributed by atoms with Gasteiger partial charge in [0, 0.05) is 11.1 Å². The Balaban J connectivity index is 1.61. The number of rotatable bonds is 6. The maximum absolute atomic E-state index is 13.0. The zero-order chi connectivity index (χ0) is 35.4. The number of hydrogen-bond donors (Lipinski definition) is 0. The number of amides is 1. The van der Waals surface area contributed by atoms with E-state index in [1.807, 2.05) is 76.2 Å². The number of benzene rings is 2. The second-order valence-electron chi connectivity index (χ2n) is 14.5. The van der Waals surface area contributed by atoms with Crippen molar-refractivity contribution in [2.24, 2.45) is 4.99 Å². The van der Waals surface area contributed by atoms with Gasteiger partial charge in [-0.1, -0.05) is 65.8 Å². The zero-order valence-corrected chi connectivity index (χ0v) is 29.4. The number of hydroxylamine groups is 2. The fraction of sp³-hybridized carbons (Fsp3) is 0.432. The highest BCUT2D eigenvalue weighted by molar-refractivity contribution is 6.17. The summed E-state index contributed by atoms with van der Waals surface area (Å²) >= 11 is 0. The van der Waals surface area contributed by atoms with Crippen LogP contribution >= 0.6 is 0 Å². The highest BCUT2D eigenvalue weighted by atomic mass is 16.8. The molecule has 48 heavy (non-hydrogen) atoms. The van der Waals surface area contributed by atoms with Crippen LogP contribution in [-0.2, 0) is 23.8 Å². The molecule has 256 valence electrons. The maximum Gasteiger partial charge on any atom is 0.534 e. The van der Waals surface area contributed by atoms with Crippen LogP contribution in [0.3, 0.4) is 0 Å². The van der Waals surface area contributed by atoms with E-state index < -0.39 is 41.1 Å². The fourth-order valence-corrected chi connectivity index (χ4v) is 4.90. The Morgan fingerprint density at radius 2 is 1.44 bits per heavy atom. The van der Waals surface area contributed by atoms with Gasteiger partial charge in [-0.15, -0.1) is 5.06 Å². The summed E-state index contributed by atoms with van der Waals surface area (Å²) < 4.78 is 22.0. The monoisotopic (exact) mass is 659 g/mol. The molecule has 0 fully saturated rings. The molecule has 3 aromatic rings. The highest BCUT2D eigenvalue weighted by Gasteiger charge is 2.33. The molecule has 11 nitrogen and oxygen atoms in total. The van der Waals surface area contributed by atoms with E-state index in [9.17, 15) is 14.4 Å². The Bertz CT molecular complexity index is 1700. The Morgan fingerprint density at radius 1 is 0.833 bits per heavy atom. The van der Waals surface area contributed by atoms with Crippen molar-refractivity contribution in [3.63, 3.8) is 0 Å². The van der Waals surface area contributed by atoms with E-state index in [4.69, 9.17) is 28.6 Å². The average Bonchev–Trinajstić information content (AvgIpc) is 3.27. The highest BCUT2D eigenvalue weighted by Crippen LogP contribution is 2.41. The van der Waals surface area contributed by atoms with Gasteiger partial charge in [-0.2, -0.15) is 0 Å². The van der Waals surface area contributed by atoms with E-state index in [-0.39, 0.29) is 13.0 Å². The van der Waals surface area contributed by atoms with Crippen molar-refractivity contribution in [1.82, 2.24) is 10.2 Å². The summed E-state index contributed by atoms with van der Waals surface area (Å²) in [4.78, 5) is 48.3. The number of aryl methyl sites for hydroxylation is 1. The molecule has 0 spiro atoms. The normalized spacial score (nSPS) is 14.7. The largest absolute Gasteiger partial charge is 0.534 e. The molecule has 0 bridgehead atoms. The molecular weight excluding hydrogens is 614 g/mol. The van der Waals surface area contributed by atoms with E-state index in [1.165, 1.54) is 0 Å². The Hall–Kier alpha value is -4.93. The first-order valence-electron chi connectivity index (χ1n) is 15.8. The number of esters is 1. The molecule has 4 rings (SSSR count). The number of hydrogen-bond acceptors (Lipinski definition) is 10. The smallest absolute Gasteiger partial charge is 0.460 e. The van der Waals surface area contributed by atoms with Crippen LogP contribution < -0.4 is 0 Å². The van der Waals surface area contributed by atoms with Gasteiger partial charge in [0.05, 0.1) is 29.9 Å². The molecule has 2 heterocycles. The molecule has 11 heteroatoms. The lowest BCUT2D eigenvalue weighted by molar-refractivity contribution is -0.155. The van der Waals surface area contributed by atoms with Crippen LogP contribution in [0, 0.1) is 6.92 Å². The van der Waals surface area contributed by atoms with Crippen molar-refractivity contribution in [2.45, 2.75) is 98.5 Å². The zero-order valence-electron chi connectivity index (χ0n) is 29.4. The van der Waals surface area contributed by atoms with E-state index >= 15 is 0 Å². The predicted octanol–water partition coefficient (Wildman–Crippen LogP) is 8.39. The Morgan fingerprint density at radius 3 is 2.04 bits per heavy atom. The molecule has 0 aliphatic carbocycles. The molecule has 1 aliphatic heterocycles. The topological polar surface area (TPSA) is 130 Å². The molecule has 0 N–H and O–H groups in total. The number of nitrogens with zero attached hydrogens (tertiary/aromatic N) is 3. The van der Waals surface area contributed by atoms with Gasteiger partial charge in [0.25, 0.3) is 0 Å². The summed E-state index contributed by atoms with van der Waals surface area (Å²) in [5.74, 6) is 0.127. The summed E-state index contributed by atoms with van der Waals surface area (Å²) in [7, 11) is 0. The molecule has 2 aromatic carbocycles. The van der Waals surface area contributed by atoms with Gasteiger partial charge in [0.1, 0.15) is 22.8 Å². The van der Waals surface area contributed by atoms with Gasteiger partial charge in [0.15, 0.2) is 5.76 Å². The third kappa shape index (κ3) is 9.79. The molecule has 1 amide bonds. The van der Waals surface area contributed by atoms with Crippen LogP contribution in [-0.4, -0.2) is 57.5 Å². The molecule has 0 saturated carbocycles. The summed E-state index contributed by atoms with van der Waals surface area (Å²) in [6, 6.07) is 14.9. The SMILES string of the molecule is Cc1noc2c1-c1ccccc1C(c1ccc(/C=C/CN(OC(=O)OC(C)(C)C)C(=O)OC(C)(C)C)cc1)=N[C@H]2CC(=O)OC(C)(C)C. The lowest BCUT2D eigenvalue weighted by Crippen LogP contribution is -2.39. The first-order valence-corrected chi connectivity index (χ1v) is 15.8. The van der Waals surface area contributed by atoms with Gasteiger partial charge < -0.3 is 18.7 Å². The van der Waals surface area contributed by atoms with Crippen molar-refractivity contribution in [1.29, 1.82) is 0 Å². The van der Waals surface area contributed by atoms with Gasteiger partial charge in [-0.05, 0) is 80.4 Å². The third-order valence-corrected chi connectivity index (χ3v) is 6.65. The molecule has 1 atom stereocenters. The molecule has 1 aromatic heterocycles. The van der Waals surface area contributed by atoms with E-state index in [0.29, 0.717) is 17.2 Å². The Kier molecular flexibility index (Phi) is 10.5. The van der Waals surface area contributed by atoms with E-state index in [0.717, 1.165) is 32.9 Å². The Labute approximate surface area is 281 Å². The molecule has 0 saturated heterocycles. The first-order chi connectivity index (χ1) is 22.3. The summed E-state index contributed by atoms with van der Waals surface area (Å²) in [6.45, 7) is 17.5. The lowest BCUT2D eigenvalue weighted by atomic mass is 9.92.